The average molecular weight is 304 g/mol. The van der Waals surface area contributed by atoms with Crippen molar-refractivity contribution in [3.8, 4) is 0 Å². The molecule has 1 atom stereocenters. The minimum atomic E-state index is -0.264. The molecule has 1 aromatic rings. The summed E-state index contributed by atoms with van der Waals surface area (Å²) in [6.45, 7) is 3.24. The van der Waals surface area contributed by atoms with Gasteiger partial charge in [0.1, 0.15) is 6.61 Å². The quantitative estimate of drug-likeness (QED) is 0.897. The van der Waals surface area contributed by atoms with E-state index < -0.39 is 0 Å². The van der Waals surface area contributed by atoms with E-state index >= 15 is 0 Å². The van der Waals surface area contributed by atoms with Gasteiger partial charge in [-0.05, 0) is 50.3 Å². The molecule has 0 aromatic heterocycles. The number of aliphatic hydroxyl groups excluding tert-OH is 1. The Morgan fingerprint density at radius 1 is 1.23 bits per heavy atom. The maximum Gasteiger partial charge on any atom is 0.414 e. The van der Waals surface area contributed by atoms with E-state index in [4.69, 9.17) is 4.74 Å². The fraction of sp³-hybridized carbons (Fsp3) is 0.588. The highest BCUT2D eigenvalue weighted by Gasteiger charge is 2.24. The Bertz CT molecular complexity index is 509. The summed E-state index contributed by atoms with van der Waals surface area (Å²) >= 11 is 0. The van der Waals surface area contributed by atoms with Crippen LogP contribution in [0.25, 0.3) is 0 Å². The van der Waals surface area contributed by atoms with Crippen molar-refractivity contribution in [1.82, 2.24) is 5.32 Å². The number of nitrogens with zero attached hydrogens (tertiary/aromatic N) is 1. The number of carbonyl (C=O) groups is 1. The van der Waals surface area contributed by atoms with E-state index in [9.17, 15) is 9.90 Å². The smallest absolute Gasteiger partial charge is 0.414 e. The van der Waals surface area contributed by atoms with Crippen LogP contribution in [0, 0.1) is 0 Å². The number of rotatable bonds is 4. The number of hydrogen-bond donors (Lipinski definition) is 2. The fourth-order valence-electron chi connectivity index (χ4n) is 3.26. The number of cyclic esters (lactones) is 1. The van der Waals surface area contributed by atoms with Gasteiger partial charge in [-0.1, -0.05) is 12.1 Å². The highest BCUT2D eigenvalue weighted by Crippen LogP contribution is 2.24. The van der Waals surface area contributed by atoms with Gasteiger partial charge in [0.15, 0.2) is 0 Å². The predicted octanol–water partition coefficient (Wildman–Crippen LogP) is 2.60. The molecule has 120 valence electrons. The molecule has 2 fully saturated rings. The number of aliphatic hydroxyl groups is 1. The number of hydrogen-bond acceptors (Lipinski definition) is 4. The highest BCUT2D eigenvalue weighted by molar-refractivity contribution is 5.89. The van der Waals surface area contributed by atoms with Crippen molar-refractivity contribution < 1.29 is 14.6 Å². The molecule has 3 rings (SSSR count). The second kappa shape index (κ2) is 6.67. The number of benzene rings is 1. The molecule has 2 N–H and O–H groups in total. The standard InChI is InChI=1S/C17H24N2O3/c1-12(18-14-4-8-16(20)9-5-14)13-2-6-15(7-3-13)19-10-11-22-17(19)21/h2-3,6-7,12,14,16,18,20H,4-5,8-11H2,1H3. The molecular formula is C17H24N2O3. The number of ether oxygens (including phenoxy) is 1. The van der Waals surface area contributed by atoms with Crippen LogP contribution in [0.15, 0.2) is 24.3 Å². The minimum absolute atomic E-state index is 0.118. The van der Waals surface area contributed by atoms with Crippen LogP contribution in [0.3, 0.4) is 0 Å². The maximum absolute atomic E-state index is 11.6. The molecule has 1 heterocycles. The lowest BCUT2D eigenvalue weighted by atomic mass is 9.92. The van der Waals surface area contributed by atoms with Crippen molar-refractivity contribution in [3.05, 3.63) is 29.8 Å². The third kappa shape index (κ3) is 3.42. The first kappa shape index (κ1) is 15.3. The van der Waals surface area contributed by atoms with E-state index in [0.29, 0.717) is 19.2 Å². The van der Waals surface area contributed by atoms with Gasteiger partial charge in [-0.25, -0.2) is 4.79 Å². The molecule has 0 spiro atoms. The van der Waals surface area contributed by atoms with Crippen LogP contribution in [-0.4, -0.2) is 36.5 Å². The molecule has 2 aliphatic rings. The lowest BCUT2D eigenvalue weighted by Gasteiger charge is -2.29. The topological polar surface area (TPSA) is 61.8 Å². The van der Waals surface area contributed by atoms with E-state index in [0.717, 1.165) is 31.4 Å². The van der Waals surface area contributed by atoms with Gasteiger partial charge in [0.2, 0.25) is 0 Å². The molecule has 5 heteroatoms. The summed E-state index contributed by atoms with van der Waals surface area (Å²) in [4.78, 5) is 13.2. The molecule has 1 unspecified atom stereocenters. The summed E-state index contributed by atoms with van der Waals surface area (Å²) in [5.74, 6) is 0. The van der Waals surface area contributed by atoms with E-state index in [2.05, 4.69) is 24.4 Å². The number of anilines is 1. The first-order valence-electron chi connectivity index (χ1n) is 8.12. The van der Waals surface area contributed by atoms with Crippen LogP contribution in [0.1, 0.15) is 44.2 Å². The van der Waals surface area contributed by atoms with Crippen molar-refractivity contribution >= 4 is 11.8 Å². The Labute approximate surface area is 131 Å². The van der Waals surface area contributed by atoms with Crippen molar-refractivity contribution in [1.29, 1.82) is 0 Å². The third-order valence-electron chi connectivity index (χ3n) is 4.65. The van der Waals surface area contributed by atoms with Crippen molar-refractivity contribution in [3.63, 3.8) is 0 Å². The number of carbonyl (C=O) groups excluding carboxylic acids is 1. The second-order valence-electron chi connectivity index (χ2n) is 6.25. The molecule has 1 aliphatic heterocycles. The molecule has 5 nitrogen and oxygen atoms in total. The summed E-state index contributed by atoms with van der Waals surface area (Å²) in [5, 5.41) is 13.2. The second-order valence-corrected chi connectivity index (χ2v) is 6.25. The van der Waals surface area contributed by atoms with E-state index in [1.54, 1.807) is 4.90 Å². The Morgan fingerprint density at radius 3 is 2.50 bits per heavy atom. The summed E-state index contributed by atoms with van der Waals surface area (Å²) in [5.41, 5.74) is 2.10. The van der Waals surface area contributed by atoms with Crippen molar-refractivity contribution in [2.75, 3.05) is 18.1 Å². The molecule has 1 amide bonds. The van der Waals surface area contributed by atoms with Crippen LogP contribution in [0.4, 0.5) is 10.5 Å². The molecule has 1 aromatic carbocycles. The zero-order valence-electron chi connectivity index (χ0n) is 13.0. The normalized spacial score (nSPS) is 26.8. The highest BCUT2D eigenvalue weighted by atomic mass is 16.6. The molecule has 1 saturated heterocycles. The van der Waals surface area contributed by atoms with Crippen molar-refractivity contribution in [2.45, 2.75) is 50.8 Å². The molecule has 22 heavy (non-hydrogen) atoms. The Kier molecular flexibility index (Phi) is 4.64. The average Bonchev–Trinajstić information content (AvgIpc) is 2.96. The van der Waals surface area contributed by atoms with E-state index in [-0.39, 0.29) is 18.2 Å². The first-order chi connectivity index (χ1) is 10.6. The van der Waals surface area contributed by atoms with Gasteiger partial charge >= 0.3 is 6.09 Å². The Hall–Kier alpha value is -1.59. The van der Waals surface area contributed by atoms with Gasteiger partial charge in [-0.2, -0.15) is 0 Å². The third-order valence-corrected chi connectivity index (χ3v) is 4.65. The van der Waals surface area contributed by atoms with Crippen LogP contribution < -0.4 is 10.2 Å². The van der Waals surface area contributed by atoms with Crippen molar-refractivity contribution in [2.24, 2.45) is 0 Å². The molecule has 0 bridgehead atoms. The summed E-state index contributed by atoms with van der Waals surface area (Å²) in [6.07, 6.45) is 3.46. The van der Waals surface area contributed by atoms with Gasteiger partial charge in [-0.15, -0.1) is 0 Å². The van der Waals surface area contributed by atoms with Crippen LogP contribution >= 0.6 is 0 Å². The van der Waals surface area contributed by atoms with Gasteiger partial charge in [0.05, 0.1) is 12.6 Å². The van der Waals surface area contributed by atoms with Crippen LogP contribution in [-0.2, 0) is 4.74 Å². The van der Waals surface area contributed by atoms with Gasteiger partial charge in [-0.3, -0.25) is 4.90 Å². The van der Waals surface area contributed by atoms with Gasteiger partial charge in [0.25, 0.3) is 0 Å². The lowest BCUT2D eigenvalue weighted by molar-refractivity contribution is 0.114. The van der Waals surface area contributed by atoms with E-state index in [1.165, 1.54) is 5.56 Å². The summed E-state index contributed by atoms with van der Waals surface area (Å²) in [6, 6.07) is 8.83. The molecule has 0 radical (unpaired) electrons. The maximum atomic E-state index is 11.6. The van der Waals surface area contributed by atoms with Crippen LogP contribution in [0.2, 0.25) is 0 Å². The fourth-order valence-corrected chi connectivity index (χ4v) is 3.26. The zero-order chi connectivity index (χ0) is 15.5. The van der Waals surface area contributed by atoms with Gasteiger partial charge in [0, 0.05) is 17.8 Å². The van der Waals surface area contributed by atoms with Gasteiger partial charge < -0.3 is 15.2 Å². The summed E-state index contributed by atoms with van der Waals surface area (Å²) < 4.78 is 4.96. The number of amides is 1. The Morgan fingerprint density at radius 2 is 1.91 bits per heavy atom. The monoisotopic (exact) mass is 304 g/mol. The van der Waals surface area contributed by atoms with Crippen LogP contribution in [0.5, 0.6) is 0 Å². The molecular weight excluding hydrogens is 280 g/mol. The van der Waals surface area contributed by atoms with E-state index in [1.807, 2.05) is 12.1 Å². The number of nitrogens with one attached hydrogen (secondary N) is 1. The lowest BCUT2D eigenvalue weighted by Crippen LogP contribution is -2.36. The SMILES string of the molecule is CC(NC1CCC(O)CC1)c1ccc(N2CCOC2=O)cc1. The summed E-state index contributed by atoms with van der Waals surface area (Å²) in [7, 11) is 0. The zero-order valence-corrected chi connectivity index (χ0v) is 13.0. The minimum Gasteiger partial charge on any atom is -0.447 e. The Balaban J connectivity index is 1.58. The predicted molar refractivity (Wildman–Crippen MR) is 84.9 cm³/mol. The molecule has 1 aliphatic carbocycles. The first-order valence-corrected chi connectivity index (χ1v) is 8.12. The molecule has 1 saturated carbocycles. The largest absolute Gasteiger partial charge is 0.447 e.